The van der Waals surface area contributed by atoms with Crippen LogP contribution in [0.4, 0.5) is 19.1 Å². The Balaban J connectivity index is 2.11. The van der Waals surface area contributed by atoms with Crippen LogP contribution in [0.1, 0.15) is 45.2 Å². The van der Waals surface area contributed by atoms with Crippen molar-refractivity contribution >= 4 is 18.3 Å². The van der Waals surface area contributed by atoms with Gasteiger partial charge in [0, 0.05) is 6.20 Å². The zero-order valence-electron chi connectivity index (χ0n) is 15.0. The van der Waals surface area contributed by atoms with Crippen molar-refractivity contribution in [2.45, 2.75) is 45.7 Å². The van der Waals surface area contributed by atoms with Gasteiger partial charge in [-0.15, -0.1) is 0 Å². The van der Waals surface area contributed by atoms with Crippen LogP contribution in [-0.2, 0) is 15.8 Å². The number of nitrogens with one attached hydrogen (secondary N) is 2. The molecule has 0 bridgehead atoms. The van der Waals surface area contributed by atoms with Crippen molar-refractivity contribution in [3.05, 3.63) is 18.0 Å². The summed E-state index contributed by atoms with van der Waals surface area (Å²) in [4.78, 5) is 30.5. The van der Waals surface area contributed by atoms with Gasteiger partial charge < -0.3 is 0 Å². The van der Waals surface area contributed by atoms with Crippen molar-refractivity contribution in [1.82, 2.24) is 20.5 Å². The van der Waals surface area contributed by atoms with Gasteiger partial charge in [0.15, 0.2) is 0 Å². The minimum absolute atomic E-state index is 0.0167. The van der Waals surface area contributed by atoms with Crippen LogP contribution < -0.4 is 10.9 Å². The second kappa shape index (κ2) is 7.67. The first-order valence-electron chi connectivity index (χ1n) is 8.35. The molecule has 0 radical (unpaired) electrons. The van der Waals surface area contributed by atoms with Crippen molar-refractivity contribution < 1.29 is 28.0 Å². The number of carbonyl (C=O) groups excluding carboxylic acids is 2. The summed E-state index contributed by atoms with van der Waals surface area (Å²) in [6.07, 6.45) is -1.33. The fourth-order valence-corrected chi connectivity index (χ4v) is 3.03. The summed E-state index contributed by atoms with van der Waals surface area (Å²) in [7, 11) is 0. The number of carbonyl (C=O) groups is 2. The highest BCUT2D eigenvalue weighted by Gasteiger charge is 2.45. The molecule has 0 aromatic carbocycles. The average molecular weight is 389 g/mol. The molecule has 1 aliphatic rings. The third kappa shape index (κ3) is 5.28. The third-order valence-corrected chi connectivity index (χ3v) is 4.86. The lowest BCUT2D eigenvalue weighted by atomic mass is 9.64. The second-order valence-corrected chi connectivity index (χ2v) is 7.49. The number of halogens is 3. The van der Waals surface area contributed by atoms with E-state index in [1.807, 2.05) is 0 Å². The molecule has 1 aromatic heterocycles. The van der Waals surface area contributed by atoms with Gasteiger partial charge in [-0.2, -0.15) is 13.2 Å². The molecule has 0 spiro atoms. The monoisotopic (exact) mass is 389 g/mol. The Bertz CT molecular complexity index is 686. The maximum Gasteiger partial charge on any atom is 0.433 e. The van der Waals surface area contributed by atoms with Gasteiger partial charge in [0.1, 0.15) is 5.69 Å². The molecule has 0 aliphatic heterocycles. The van der Waals surface area contributed by atoms with Crippen LogP contribution in [0.5, 0.6) is 0 Å². The smallest absolute Gasteiger partial charge is 0.286 e. The molecule has 0 saturated heterocycles. The van der Waals surface area contributed by atoms with Crippen LogP contribution in [0.25, 0.3) is 0 Å². The van der Waals surface area contributed by atoms with Gasteiger partial charge in [-0.3, -0.25) is 25.6 Å². The molecule has 1 saturated carbocycles. The van der Waals surface area contributed by atoms with E-state index in [0.717, 1.165) is 6.20 Å². The zero-order valence-corrected chi connectivity index (χ0v) is 15.0. The number of rotatable bonds is 6. The predicted octanol–water partition coefficient (Wildman–Crippen LogP) is 2.37. The van der Waals surface area contributed by atoms with Crippen LogP contribution in [0.2, 0.25) is 0 Å². The molecule has 3 N–H and O–H groups in total. The van der Waals surface area contributed by atoms with E-state index in [9.17, 15) is 28.0 Å². The van der Waals surface area contributed by atoms with Gasteiger partial charge >= 0.3 is 6.18 Å². The minimum atomic E-state index is -4.64. The molecule has 150 valence electrons. The van der Waals surface area contributed by atoms with Crippen LogP contribution in [0.3, 0.4) is 0 Å². The van der Waals surface area contributed by atoms with E-state index in [1.54, 1.807) is 0 Å². The van der Waals surface area contributed by atoms with Crippen LogP contribution in [0, 0.1) is 10.8 Å². The van der Waals surface area contributed by atoms with E-state index in [2.05, 4.69) is 34.7 Å². The summed E-state index contributed by atoms with van der Waals surface area (Å²) in [6, 6.07) is 0.714. The summed E-state index contributed by atoms with van der Waals surface area (Å²) in [5.74, 6) is -0.972. The number of anilines is 1. The highest BCUT2D eigenvalue weighted by molar-refractivity contribution is 5.84. The summed E-state index contributed by atoms with van der Waals surface area (Å²) in [5.41, 5.74) is 2.39. The number of hydroxylamine groups is 2. The average Bonchev–Trinajstić information content (AvgIpc) is 2.61. The molecular weight excluding hydrogens is 367 g/mol. The van der Waals surface area contributed by atoms with Gasteiger partial charge in [-0.25, -0.2) is 15.0 Å². The van der Waals surface area contributed by atoms with E-state index < -0.39 is 29.1 Å². The first-order chi connectivity index (χ1) is 12.5. The molecule has 27 heavy (non-hydrogen) atoms. The topological polar surface area (TPSA) is 107 Å². The van der Waals surface area contributed by atoms with Crippen molar-refractivity contribution in [2.75, 3.05) is 12.0 Å². The van der Waals surface area contributed by atoms with Gasteiger partial charge in [0.2, 0.25) is 18.3 Å². The summed E-state index contributed by atoms with van der Waals surface area (Å²) >= 11 is 0. The Labute approximate surface area is 154 Å². The van der Waals surface area contributed by atoms with Crippen LogP contribution in [-0.4, -0.2) is 39.1 Å². The second-order valence-electron chi connectivity index (χ2n) is 7.49. The van der Waals surface area contributed by atoms with Gasteiger partial charge in [-0.1, -0.05) is 13.8 Å². The van der Waals surface area contributed by atoms with E-state index in [0.29, 0.717) is 36.8 Å². The molecule has 1 aromatic rings. The zero-order chi connectivity index (χ0) is 20.3. The quantitative estimate of drug-likeness (QED) is 0.392. The Hall–Kier alpha value is -2.43. The van der Waals surface area contributed by atoms with Gasteiger partial charge in [0.25, 0.3) is 0 Å². The summed E-state index contributed by atoms with van der Waals surface area (Å²) in [5, 5.41) is 9.98. The maximum absolute atomic E-state index is 12.7. The molecule has 2 amide bonds. The highest BCUT2D eigenvalue weighted by atomic mass is 19.4. The molecule has 0 atom stereocenters. The SMILES string of the molecule is CC1(C)CCC(CN(O)C=O)(C(=O)NNc2nccc(C(F)(F)F)n2)CC1. The first-order valence-corrected chi connectivity index (χ1v) is 8.35. The van der Waals surface area contributed by atoms with Crippen LogP contribution >= 0.6 is 0 Å². The maximum atomic E-state index is 12.7. The van der Waals surface area contributed by atoms with Crippen molar-refractivity contribution in [3.63, 3.8) is 0 Å². The number of hydrogen-bond donors (Lipinski definition) is 3. The lowest BCUT2D eigenvalue weighted by molar-refractivity contribution is -0.164. The molecule has 1 aliphatic carbocycles. The van der Waals surface area contributed by atoms with E-state index in [1.165, 1.54) is 0 Å². The van der Waals surface area contributed by atoms with Crippen molar-refractivity contribution in [1.29, 1.82) is 0 Å². The molecule has 1 fully saturated rings. The molecule has 1 heterocycles. The minimum Gasteiger partial charge on any atom is -0.286 e. The van der Waals surface area contributed by atoms with Crippen molar-refractivity contribution in [2.24, 2.45) is 10.8 Å². The Kier molecular flexibility index (Phi) is 5.93. The van der Waals surface area contributed by atoms with E-state index in [-0.39, 0.29) is 18.4 Å². The number of alkyl halides is 3. The Morgan fingerprint density at radius 3 is 2.52 bits per heavy atom. The van der Waals surface area contributed by atoms with Crippen molar-refractivity contribution in [3.8, 4) is 0 Å². The molecule has 8 nitrogen and oxygen atoms in total. The number of aromatic nitrogens is 2. The summed E-state index contributed by atoms with van der Waals surface area (Å²) in [6.45, 7) is 3.89. The molecule has 2 rings (SSSR count). The lowest BCUT2D eigenvalue weighted by Crippen LogP contribution is -2.51. The number of nitrogens with zero attached hydrogens (tertiary/aromatic N) is 3. The lowest BCUT2D eigenvalue weighted by Gasteiger charge is -2.42. The number of amides is 2. The Morgan fingerprint density at radius 1 is 1.33 bits per heavy atom. The van der Waals surface area contributed by atoms with Crippen LogP contribution in [0.15, 0.2) is 12.3 Å². The predicted molar refractivity (Wildman–Crippen MR) is 88.0 cm³/mol. The standard InChI is InChI=1S/C16H22F3N5O3/c1-14(2)4-6-15(7-5-14,9-24(27)10-25)12(26)22-23-13-20-8-3-11(21-13)16(17,18)19/h3,8,10,27H,4-7,9H2,1-2H3,(H,22,26)(H,20,21,23). The molecular formula is C16H22F3N5O3. The van der Waals surface area contributed by atoms with E-state index in [4.69, 9.17) is 0 Å². The van der Waals surface area contributed by atoms with Gasteiger partial charge in [0.05, 0.1) is 12.0 Å². The van der Waals surface area contributed by atoms with Gasteiger partial charge in [-0.05, 0) is 37.2 Å². The fourth-order valence-electron chi connectivity index (χ4n) is 3.03. The normalized spacial score (nSPS) is 18.4. The van der Waals surface area contributed by atoms with E-state index >= 15 is 0 Å². The fraction of sp³-hybridized carbons (Fsp3) is 0.625. The highest BCUT2D eigenvalue weighted by Crippen LogP contribution is 2.45. The molecule has 11 heteroatoms. The third-order valence-electron chi connectivity index (χ3n) is 4.86. The number of hydrazine groups is 1. The Morgan fingerprint density at radius 2 is 1.96 bits per heavy atom. The summed E-state index contributed by atoms with van der Waals surface area (Å²) < 4.78 is 38.1. The largest absolute Gasteiger partial charge is 0.433 e. The number of hydrogen-bond acceptors (Lipinski definition) is 6. The molecule has 0 unspecified atom stereocenters. The first kappa shape index (κ1) is 20.9.